The normalized spacial score (nSPS) is 16.6. The Bertz CT molecular complexity index is 1130. The predicted molar refractivity (Wildman–Crippen MR) is 134 cm³/mol. The van der Waals surface area contributed by atoms with Crippen molar-refractivity contribution in [3.8, 4) is 0 Å². The molecule has 2 aliphatic rings. The summed E-state index contributed by atoms with van der Waals surface area (Å²) in [5.74, 6) is 0.585. The average molecular weight is 443 g/mol. The monoisotopic (exact) mass is 442 g/mol. The summed E-state index contributed by atoms with van der Waals surface area (Å²) in [4.78, 5) is 7.45. The summed E-state index contributed by atoms with van der Waals surface area (Å²) < 4.78 is 0. The number of nitrogens with zero attached hydrogens (tertiary/aromatic N) is 2. The third kappa shape index (κ3) is 4.40. The van der Waals surface area contributed by atoms with Gasteiger partial charge in [-0.2, -0.15) is 0 Å². The van der Waals surface area contributed by atoms with Gasteiger partial charge in [-0.15, -0.1) is 0 Å². The maximum absolute atomic E-state index is 6.36. The van der Waals surface area contributed by atoms with Crippen LogP contribution in [-0.4, -0.2) is 23.0 Å². The van der Waals surface area contributed by atoms with Gasteiger partial charge in [-0.1, -0.05) is 67.4 Å². The van der Waals surface area contributed by atoms with E-state index in [2.05, 4.69) is 67.3 Å². The van der Waals surface area contributed by atoms with Crippen molar-refractivity contribution in [1.29, 1.82) is 0 Å². The van der Waals surface area contributed by atoms with Gasteiger partial charge in [-0.25, -0.2) is 0 Å². The summed E-state index contributed by atoms with van der Waals surface area (Å²) in [5, 5.41) is 0.824. The van der Waals surface area contributed by atoms with Crippen LogP contribution in [0.15, 0.2) is 66.4 Å². The van der Waals surface area contributed by atoms with Crippen molar-refractivity contribution in [2.45, 2.75) is 52.0 Å². The van der Waals surface area contributed by atoms with Crippen molar-refractivity contribution in [2.75, 3.05) is 13.1 Å². The van der Waals surface area contributed by atoms with Crippen LogP contribution in [0.5, 0.6) is 0 Å². The molecule has 0 amide bonds. The van der Waals surface area contributed by atoms with E-state index in [-0.39, 0.29) is 0 Å². The van der Waals surface area contributed by atoms with E-state index >= 15 is 0 Å². The van der Waals surface area contributed by atoms with E-state index in [4.69, 9.17) is 16.6 Å². The van der Waals surface area contributed by atoms with Crippen molar-refractivity contribution >= 4 is 17.2 Å². The van der Waals surface area contributed by atoms with E-state index in [1.54, 1.807) is 5.57 Å². The number of aromatic nitrogens is 1. The van der Waals surface area contributed by atoms with Crippen LogP contribution in [0.2, 0.25) is 5.02 Å². The summed E-state index contributed by atoms with van der Waals surface area (Å²) in [5.41, 5.74) is 11.0. The van der Waals surface area contributed by atoms with Gasteiger partial charge in [-0.05, 0) is 77.6 Å². The third-order valence-corrected chi connectivity index (χ3v) is 7.23. The quantitative estimate of drug-likeness (QED) is 0.431. The lowest BCUT2D eigenvalue weighted by molar-refractivity contribution is 0.248. The SMILES string of the molecule is CC(C)c1ccc(CN2CCC(=C3c4ccc(Cl)cc4CCc4cccnc43)CC2)cc1. The minimum absolute atomic E-state index is 0.585. The summed E-state index contributed by atoms with van der Waals surface area (Å²) in [6, 6.07) is 19.9. The van der Waals surface area contributed by atoms with E-state index in [0.29, 0.717) is 5.92 Å². The molecular formula is C29H31ClN2. The fourth-order valence-corrected chi connectivity index (χ4v) is 5.33. The molecule has 0 atom stereocenters. The maximum atomic E-state index is 6.36. The van der Waals surface area contributed by atoms with Crippen molar-refractivity contribution < 1.29 is 0 Å². The minimum atomic E-state index is 0.585. The molecule has 0 radical (unpaired) electrons. The molecule has 0 unspecified atom stereocenters. The molecule has 2 heterocycles. The van der Waals surface area contributed by atoms with Gasteiger partial charge in [0.05, 0.1) is 5.69 Å². The zero-order valence-electron chi connectivity index (χ0n) is 19.1. The first-order valence-electron chi connectivity index (χ1n) is 11.8. The molecule has 1 aliphatic carbocycles. The average Bonchev–Trinajstić information content (AvgIpc) is 2.97. The van der Waals surface area contributed by atoms with Gasteiger partial charge in [0.1, 0.15) is 0 Å². The van der Waals surface area contributed by atoms with Gasteiger partial charge in [0.2, 0.25) is 0 Å². The van der Waals surface area contributed by atoms with Gasteiger partial charge in [0.15, 0.2) is 0 Å². The summed E-state index contributed by atoms with van der Waals surface area (Å²) >= 11 is 6.36. The Hall–Kier alpha value is -2.42. The van der Waals surface area contributed by atoms with Gasteiger partial charge >= 0.3 is 0 Å². The highest BCUT2D eigenvalue weighted by atomic mass is 35.5. The molecule has 1 saturated heterocycles. The highest BCUT2D eigenvalue weighted by Crippen LogP contribution is 2.38. The van der Waals surface area contributed by atoms with Crippen LogP contribution in [-0.2, 0) is 19.4 Å². The van der Waals surface area contributed by atoms with Gasteiger partial charge in [0, 0.05) is 36.4 Å². The lowest BCUT2D eigenvalue weighted by atomic mass is 9.88. The Morgan fingerprint density at radius 3 is 2.41 bits per heavy atom. The van der Waals surface area contributed by atoms with E-state index < -0.39 is 0 Å². The molecule has 2 nitrogen and oxygen atoms in total. The van der Waals surface area contributed by atoms with Crippen LogP contribution in [0.3, 0.4) is 0 Å². The lowest BCUT2D eigenvalue weighted by Gasteiger charge is -2.30. The second kappa shape index (κ2) is 9.21. The molecule has 32 heavy (non-hydrogen) atoms. The van der Waals surface area contributed by atoms with E-state index in [1.165, 1.54) is 39.1 Å². The Labute approximate surface area is 197 Å². The lowest BCUT2D eigenvalue weighted by Crippen LogP contribution is -2.30. The standard InChI is InChI=1S/C29H31ClN2/c1-20(2)22-7-5-21(6-8-22)19-32-16-13-23(14-17-32)28-27-12-11-26(30)18-25(27)10-9-24-4-3-15-31-29(24)28/h3-8,11-12,15,18,20H,9-10,13-14,16-17,19H2,1-2H3. The van der Waals surface area contributed by atoms with Gasteiger partial charge < -0.3 is 0 Å². The smallest absolute Gasteiger partial charge is 0.0739 e. The largest absolute Gasteiger partial charge is 0.298 e. The number of piperidine rings is 1. The van der Waals surface area contributed by atoms with Gasteiger partial charge in [-0.3, -0.25) is 9.88 Å². The van der Waals surface area contributed by atoms with Crippen molar-refractivity contribution in [3.63, 3.8) is 0 Å². The summed E-state index contributed by atoms with van der Waals surface area (Å²) in [6.45, 7) is 7.72. The van der Waals surface area contributed by atoms with Crippen molar-refractivity contribution in [2.24, 2.45) is 0 Å². The molecule has 2 aromatic carbocycles. The van der Waals surface area contributed by atoms with E-state index in [9.17, 15) is 0 Å². The van der Waals surface area contributed by atoms with Crippen LogP contribution in [0.25, 0.3) is 5.57 Å². The highest BCUT2D eigenvalue weighted by Gasteiger charge is 2.25. The van der Waals surface area contributed by atoms with Crippen LogP contribution in [0.1, 0.15) is 66.1 Å². The molecule has 1 aliphatic heterocycles. The number of hydrogen-bond donors (Lipinski definition) is 0. The van der Waals surface area contributed by atoms with E-state index in [1.807, 2.05) is 12.3 Å². The second-order valence-electron chi connectivity index (χ2n) is 9.46. The maximum Gasteiger partial charge on any atom is 0.0739 e. The number of hydrogen-bond acceptors (Lipinski definition) is 2. The first kappa shape index (κ1) is 21.4. The molecule has 1 fully saturated rings. The third-order valence-electron chi connectivity index (χ3n) is 6.99. The van der Waals surface area contributed by atoms with Crippen LogP contribution in [0, 0.1) is 0 Å². The molecule has 3 aromatic rings. The molecule has 164 valence electrons. The predicted octanol–water partition coefficient (Wildman–Crippen LogP) is 7.05. The summed E-state index contributed by atoms with van der Waals surface area (Å²) in [7, 11) is 0. The number of halogens is 1. The topological polar surface area (TPSA) is 16.1 Å². The zero-order chi connectivity index (χ0) is 22.1. The van der Waals surface area contributed by atoms with Crippen LogP contribution < -0.4 is 0 Å². The van der Waals surface area contributed by atoms with Crippen molar-refractivity contribution in [1.82, 2.24) is 9.88 Å². The van der Waals surface area contributed by atoms with Crippen LogP contribution in [0.4, 0.5) is 0 Å². The summed E-state index contributed by atoms with van der Waals surface area (Å²) in [6.07, 6.45) is 6.17. The Kier molecular flexibility index (Phi) is 6.17. The molecule has 0 saturated carbocycles. The number of rotatable bonds is 3. The Balaban J connectivity index is 1.41. The minimum Gasteiger partial charge on any atom is -0.298 e. The molecule has 5 rings (SSSR count). The highest BCUT2D eigenvalue weighted by molar-refractivity contribution is 6.30. The number of benzene rings is 2. The van der Waals surface area contributed by atoms with Gasteiger partial charge in [0.25, 0.3) is 0 Å². The number of likely N-dealkylation sites (tertiary alicyclic amines) is 1. The second-order valence-corrected chi connectivity index (χ2v) is 9.90. The molecule has 1 aromatic heterocycles. The number of fused-ring (bicyclic) bond motifs is 2. The number of pyridine rings is 1. The number of aryl methyl sites for hydroxylation is 2. The molecular weight excluding hydrogens is 412 g/mol. The van der Waals surface area contributed by atoms with E-state index in [0.717, 1.165) is 50.3 Å². The molecule has 0 bridgehead atoms. The molecule has 0 N–H and O–H groups in total. The first-order chi connectivity index (χ1) is 15.6. The Morgan fingerprint density at radius 2 is 1.66 bits per heavy atom. The zero-order valence-corrected chi connectivity index (χ0v) is 19.8. The van der Waals surface area contributed by atoms with Crippen LogP contribution >= 0.6 is 11.6 Å². The first-order valence-corrected chi connectivity index (χ1v) is 12.2. The fraction of sp³-hybridized carbons (Fsp3) is 0.345. The molecule has 3 heteroatoms. The van der Waals surface area contributed by atoms with Crippen molar-refractivity contribution in [3.05, 3.63) is 105 Å². The molecule has 0 spiro atoms. The Morgan fingerprint density at radius 1 is 0.906 bits per heavy atom. The fourth-order valence-electron chi connectivity index (χ4n) is 5.13.